The van der Waals surface area contributed by atoms with Gasteiger partial charge in [-0.15, -0.1) is 0 Å². The Kier molecular flexibility index (Phi) is 2.17. The van der Waals surface area contributed by atoms with Crippen LogP contribution in [0.5, 0.6) is 5.75 Å². The number of halogens is 1. The molecule has 0 spiro atoms. The van der Waals surface area contributed by atoms with Crippen LogP contribution in [0.3, 0.4) is 0 Å². The fraction of sp³-hybridized carbons (Fsp3) is 0. The molecule has 2 aromatic rings. The van der Waals surface area contributed by atoms with Gasteiger partial charge in [-0.2, -0.15) is 0 Å². The molecule has 0 amide bonds. The van der Waals surface area contributed by atoms with Crippen LogP contribution in [0.25, 0.3) is 11.0 Å². The van der Waals surface area contributed by atoms with E-state index in [9.17, 15) is 9.90 Å². The van der Waals surface area contributed by atoms with Gasteiger partial charge in [-0.25, -0.2) is 9.78 Å². The minimum atomic E-state index is -1.34. The lowest BCUT2D eigenvalue weighted by atomic mass is 10.2. The maximum absolute atomic E-state index is 10.8. The second kappa shape index (κ2) is 3.36. The number of carbonyl (C=O) groups is 1. The molecule has 15 heavy (non-hydrogen) atoms. The van der Waals surface area contributed by atoms with Crippen molar-refractivity contribution in [3.63, 3.8) is 0 Å². The molecule has 0 unspecified atom stereocenters. The summed E-state index contributed by atoms with van der Waals surface area (Å²) in [5.41, 5.74) is 0.0483. The largest absolute Gasteiger partial charge is 0.505 e. The van der Waals surface area contributed by atoms with E-state index in [1.165, 1.54) is 6.20 Å². The Morgan fingerprint density at radius 2 is 2.20 bits per heavy atom. The molecule has 0 atom stereocenters. The monoisotopic (exact) mass is 224 g/mol. The van der Waals surface area contributed by atoms with Crippen molar-refractivity contribution in [2.24, 2.45) is 0 Å². The number of fused-ring (bicyclic) bond motifs is 1. The third kappa shape index (κ3) is 1.46. The van der Waals surface area contributed by atoms with Gasteiger partial charge in [0.05, 0.1) is 5.52 Å². The Balaban J connectivity index is 2.90. The van der Waals surface area contributed by atoms with Crippen LogP contribution in [0.1, 0.15) is 10.4 Å². The smallest absolute Gasteiger partial charge is 0.342 e. The molecule has 2 heterocycles. The van der Waals surface area contributed by atoms with Crippen molar-refractivity contribution in [1.29, 1.82) is 0 Å². The van der Waals surface area contributed by atoms with Gasteiger partial charge >= 0.3 is 5.97 Å². The van der Waals surface area contributed by atoms with E-state index in [2.05, 4.69) is 9.97 Å². The fourth-order valence-corrected chi connectivity index (χ4v) is 1.50. The SMILES string of the molecule is O=C(O)c1c(Cl)nc2cccnc2c1O. The Labute approximate surface area is 89.0 Å². The molecule has 2 rings (SSSR count). The summed E-state index contributed by atoms with van der Waals surface area (Å²) in [4.78, 5) is 18.4. The molecule has 0 aromatic carbocycles. The number of aromatic nitrogens is 2. The molecule has 0 aliphatic carbocycles. The van der Waals surface area contributed by atoms with Crippen molar-refractivity contribution in [2.45, 2.75) is 0 Å². The van der Waals surface area contributed by atoms with Gasteiger partial charge in [0.2, 0.25) is 0 Å². The van der Waals surface area contributed by atoms with E-state index in [-0.39, 0.29) is 10.7 Å². The number of hydrogen-bond acceptors (Lipinski definition) is 4. The highest BCUT2D eigenvalue weighted by atomic mass is 35.5. The molecule has 0 fully saturated rings. The number of hydrogen-bond donors (Lipinski definition) is 2. The van der Waals surface area contributed by atoms with Gasteiger partial charge in [0.25, 0.3) is 0 Å². The highest BCUT2D eigenvalue weighted by Gasteiger charge is 2.19. The van der Waals surface area contributed by atoms with Crippen molar-refractivity contribution >= 4 is 28.6 Å². The second-order valence-electron chi connectivity index (χ2n) is 2.80. The lowest BCUT2D eigenvalue weighted by molar-refractivity contribution is 0.0694. The van der Waals surface area contributed by atoms with E-state index in [0.717, 1.165) is 0 Å². The van der Waals surface area contributed by atoms with Crippen molar-refractivity contribution < 1.29 is 15.0 Å². The molecule has 0 saturated carbocycles. The maximum atomic E-state index is 10.8. The molecule has 6 heteroatoms. The third-order valence-corrected chi connectivity index (χ3v) is 2.16. The average Bonchev–Trinajstić information content (AvgIpc) is 2.17. The maximum Gasteiger partial charge on any atom is 0.342 e. The molecule has 2 N–H and O–H groups in total. The summed E-state index contributed by atoms with van der Waals surface area (Å²) in [7, 11) is 0. The molecule has 0 bridgehead atoms. The average molecular weight is 225 g/mol. The topological polar surface area (TPSA) is 83.3 Å². The molecule has 5 nitrogen and oxygen atoms in total. The van der Waals surface area contributed by atoms with Crippen LogP contribution in [0.15, 0.2) is 18.3 Å². The Morgan fingerprint density at radius 1 is 1.47 bits per heavy atom. The normalized spacial score (nSPS) is 10.5. The zero-order valence-electron chi connectivity index (χ0n) is 7.31. The van der Waals surface area contributed by atoms with E-state index in [1.54, 1.807) is 12.1 Å². The lowest BCUT2D eigenvalue weighted by Gasteiger charge is -2.04. The van der Waals surface area contributed by atoms with Gasteiger partial charge in [-0.05, 0) is 12.1 Å². The Morgan fingerprint density at radius 3 is 2.87 bits per heavy atom. The van der Waals surface area contributed by atoms with E-state index in [4.69, 9.17) is 16.7 Å². The molecule has 76 valence electrons. The first-order valence-electron chi connectivity index (χ1n) is 3.97. The lowest BCUT2D eigenvalue weighted by Crippen LogP contribution is -2.01. The van der Waals surface area contributed by atoms with Gasteiger partial charge in [-0.3, -0.25) is 4.98 Å². The molecular formula is C9H5ClN2O3. The Bertz CT molecular complexity index is 556. The van der Waals surface area contributed by atoms with Crippen molar-refractivity contribution in [3.8, 4) is 5.75 Å². The highest BCUT2D eigenvalue weighted by Crippen LogP contribution is 2.30. The number of nitrogens with zero attached hydrogens (tertiary/aromatic N) is 2. The zero-order valence-corrected chi connectivity index (χ0v) is 8.06. The summed E-state index contributed by atoms with van der Waals surface area (Å²) < 4.78 is 0. The standard InChI is InChI=1S/C9H5ClN2O3/c10-8-5(9(14)15)7(13)6-4(12-8)2-1-3-11-6/h1-3H,(H,12,13)(H,14,15). The summed E-state index contributed by atoms with van der Waals surface area (Å²) in [6.07, 6.45) is 1.43. The van der Waals surface area contributed by atoms with Gasteiger partial charge in [-0.1, -0.05) is 11.6 Å². The number of rotatable bonds is 1. The highest BCUT2D eigenvalue weighted by molar-refractivity contribution is 6.33. The summed E-state index contributed by atoms with van der Waals surface area (Å²) in [6.45, 7) is 0. The minimum absolute atomic E-state index is 0.124. The Hall–Kier alpha value is -1.88. The fourth-order valence-electron chi connectivity index (χ4n) is 1.24. The van der Waals surface area contributed by atoms with Gasteiger partial charge in [0.15, 0.2) is 5.75 Å². The van der Waals surface area contributed by atoms with Crippen LogP contribution < -0.4 is 0 Å². The summed E-state index contributed by atoms with van der Waals surface area (Å²) in [6, 6.07) is 3.20. The summed E-state index contributed by atoms with van der Waals surface area (Å²) in [5, 5.41) is 18.2. The van der Waals surface area contributed by atoms with Gasteiger partial charge in [0, 0.05) is 6.20 Å². The predicted octanol–water partition coefficient (Wildman–Crippen LogP) is 1.69. The van der Waals surface area contributed by atoms with Gasteiger partial charge < -0.3 is 10.2 Å². The molecular weight excluding hydrogens is 220 g/mol. The molecule has 0 radical (unpaired) electrons. The first-order valence-corrected chi connectivity index (χ1v) is 4.35. The number of aromatic carboxylic acids is 1. The summed E-state index contributed by atoms with van der Waals surface area (Å²) in [5.74, 6) is -1.80. The molecule has 0 aliphatic heterocycles. The van der Waals surface area contributed by atoms with E-state index >= 15 is 0 Å². The number of carboxylic acids is 1. The van der Waals surface area contributed by atoms with Crippen LogP contribution in [0.4, 0.5) is 0 Å². The summed E-state index contributed by atoms with van der Waals surface area (Å²) >= 11 is 5.62. The van der Waals surface area contributed by atoms with E-state index in [1.807, 2.05) is 0 Å². The third-order valence-electron chi connectivity index (χ3n) is 1.89. The van der Waals surface area contributed by atoms with Crippen LogP contribution in [0.2, 0.25) is 5.15 Å². The molecule has 0 saturated heterocycles. The second-order valence-corrected chi connectivity index (χ2v) is 3.16. The van der Waals surface area contributed by atoms with Crippen LogP contribution in [0, 0.1) is 0 Å². The number of aromatic hydroxyl groups is 1. The predicted molar refractivity (Wildman–Crippen MR) is 53.2 cm³/mol. The number of pyridine rings is 2. The van der Waals surface area contributed by atoms with E-state index < -0.39 is 17.3 Å². The quantitative estimate of drug-likeness (QED) is 0.720. The first kappa shape index (κ1) is 9.67. The van der Waals surface area contributed by atoms with E-state index in [0.29, 0.717) is 5.52 Å². The first-order chi connectivity index (χ1) is 7.11. The molecule has 0 aliphatic rings. The van der Waals surface area contributed by atoms with Gasteiger partial charge in [0.1, 0.15) is 16.2 Å². The zero-order chi connectivity index (χ0) is 11.0. The van der Waals surface area contributed by atoms with Crippen molar-refractivity contribution in [1.82, 2.24) is 9.97 Å². The van der Waals surface area contributed by atoms with Crippen molar-refractivity contribution in [2.75, 3.05) is 0 Å². The van der Waals surface area contributed by atoms with Crippen LogP contribution in [-0.4, -0.2) is 26.2 Å². The minimum Gasteiger partial charge on any atom is -0.505 e. The number of carboxylic acid groups (broad SMARTS) is 1. The van der Waals surface area contributed by atoms with Crippen molar-refractivity contribution in [3.05, 3.63) is 29.0 Å². The molecule has 2 aromatic heterocycles. The van der Waals surface area contributed by atoms with Crippen LogP contribution >= 0.6 is 11.6 Å². The van der Waals surface area contributed by atoms with Crippen LogP contribution in [-0.2, 0) is 0 Å².